The summed E-state index contributed by atoms with van der Waals surface area (Å²) >= 11 is 0. The van der Waals surface area contributed by atoms with Crippen LogP contribution in [-0.2, 0) is 20.7 Å². The van der Waals surface area contributed by atoms with E-state index in [1.165, 1.54) is 0 Å². The Labute approximate surface area is 129 Å². The van der Waals surface area contributed by atoms with E-state index in [9.17, 15) is 14.7 Å². The summed E-state index contributed by atoms with van der Waals surface area (Å²) in [5.74, 6) is -2.50. The number of carbonyl (C=O) groups excluding carboxylic acids is 1. The number of carbonyl (C=O) groups is 2. The number of rotatable bonds is 4. The van der Waals surface area contributed by atoms with Crippen molar-refractivity contribution in [3.8, 4) is 0 Å². The molecule has 2 heterocycles. The first kappa shape index (κ1) is 15.0. The van der Waals surface area contributed by atoms with E-state index in [4.69, 9.17) is 4.74 Å². The van der Waals surface area contributed by atoms with E-state index in [0.717, 1.165) is 36.1 Å². The SMILES string of the molecule is CCc1cccc(C)c1NC(=O)[C@H]1[C@@H](C(=O)O)[C@H]2CC[C@H]1O2. The van der Waals surface area contributed by atoms with E-state index >= 15 is 0 Å². The minimum atomic E-state index is -0.937. The zero-order chi connectivity index (χ0) is 15.9. The number of para-hydroxylation sites is 1. The Kier molecular flexibility index (Phi) is 3.91. The van der Waals surface area contributed by atoms with Crippen molar-refractivity contribution in [1.29, 1.82) is 0 Å². The van der Waals surface area contributed by atoms with Gasteiger partial charge in [0.2, 0.25) is 5.91 Å². The van der Waals surface area contributed by atoms with E-state index < -0.39 is 17.8 Å². The summed E-state index contributed by atoms with van der Waals surface area (Å²) in [6.45, 7) is 3.98. The highest BCUT2D eigenvalue weighted by Gasteiger charge is 2.55. The van der Waals surface area contributed by atoms with Crippen molar-refractivity contribution in [2.45, 2.75) is 45.3 Å². The van der Waals surface area contributed by atoms with Gasteiger partial charge in [-0.2, -0.15) is 0 Å². The Morgan fingerprint density at radius 1 is 1.27 bits per heavy atom. The van der Waals surface area contributed by atoms with Crippen molar-refractivity contribution in [3.05, 3.63) is 29.3 Å². The lowest BCUT2D eigenvalue weighted by Crippen LogP contribution is -2.41. The van der Waals surface area contributed by atoms with Crippen LogP contribution in [0.3, 0.4) is 0 Å². The highest BCUT2D eigenvalue weighted by molar-refractivity contribution is 5.97. The van der Waals surface area contributed by atoms with Gasteiger partial charge in [0, 0.05) is 5.69 Å². The maximum Gasteiger partial charge on any atom is 0.310 e. The molecule has 1 aromatic carbocycles. The van der Waals surface area contributed by atoms with E-state index in [2.05, 4.69) is 5.32 Å². The fourth-order valence-corrected chi connectivity index (χ4v) is 3.73. The topological polar surface area (TPSA) is 75.6 Å². The number of fused-ring (bicyclic) bond motifs is 2. The molecule has 2 aliphatic heterocycles. The van der Waals surface area contributed by atoms with Crippen molar-refractivity contribution in [2.24, 2.45) is 11.8 Å². The average molecular weight is 303 g/mol. The second kappa shape index (κ2) is 5.72. The molecule has 3 rings (SSSR count). The summed E-state index contributed by atoms with van der Waals surface area (Å²) in [6, 6.07) is 5.89. The third-order valence-electron chi connectivity index (χ3n) is 4.85. The largest absolute Gasteiger partial charge is 0.481 e. The van der Waals surface area contributed by atoms with Gasteiger partial charge in [0.05, 0.1) is 24.0 Å². The summed E-state index contributed by atoms with van der Waals surface area (Å²) < 4.78 is 5.66. The Morgan fingerprint density at radius 2 is 1.95 bits per heavy atom. The summed E-state index contributed by atoms with van der Waals surface area (Å²) in [7, 11) is 0. The van der Waals surface area contributed by atoms with Crippen LogP contribution < -0.4 is 5.32 Å². The van der Waals surface area contributed by atoms with Gasteiger partial charge in [0.1, 0.15) is 0 Å². The maximum atomic E-state index is 12.7. The number of hydrogen-bond donors (Lipinski definition) is 2. The molecule has 2 bridgehead atoms. The molecule has 118 valence electrons. The molecule has 0 unspecified atom stereocenters. The number of aliphatic carboxylic acids is 1. The van der Waals surface area contributed by atoms with Crippen LogP contribution in [0.1, 0.15) is 30.9 Å². The highest BCUT2D eigenvalue weighted by Crippen LogP contribution is 2.44. The van der Waals surface area contributed by atoms with E-state index in [-0.39, 0.29) is 18.1 Å². The molecule has 0 radical (unpaired) electrons. The second-order valence-electron chi connectivity index (χ2n) is 6.13. The van der Waals surface area contributed by atoms with Crippen LogP contribution in [0, 0.1) is 18.8 Å². The van der Waals surface area contributed by atoms with Crippen molar-refractivity contribution >= 4 is 17.6 Å². The molecule has 0 spiro atoms. The summed E-state index contributed by atoms with van der Waals surface area (Å²) in [5, 5.41) is 12.4. The predicted octanol–water partition coefficient (Wildman–Crippen LogP) is 2.37. The van der Waals surface area contributed by atoms with Crippen molar-refractivity contribution < 1.29 is 19.4 Å². The minimum Gasteiger partial charge on any atom is -0.481 e. The molecule has 0 aliphatic carbocycles. The average Bonchev–Trinajstić information content (AvgIpc) is 3.09. The Balaban J connectivity index is 1.84. The standard InChI is InChI=1S/C17H21NO4/c1-3-10-6-4-5-9(2)15(10)18-16(19)13-11-7-8-12(22-11)14(13)17(20)21/h4-6,11-14H,3,7-8H2,1-2H3,(H,18,19)(H,20,21)/t11-,12-,13-,14+/m1/s1. The fourth-order valence-electron chi connectivity index (χ4n) is 3.73. The fraction of sp³-hybridized carbons (Fsp3) is 0.529. The highest BCUT2D eigenvalue weighted by atomic mass is 16.5. The molecule has 4 atom stereocenters. The minimum absolute atomic E-state index is 0.233. The lowest BCUT2D eigenvalue weighted by Gasteiger charge is -2.24. The Morgan fingerprint density at radius 3 is 2.59 bits per heavy atom. The third-order valence-corrected chi connectivity index (χ3v) is 4.85. The molecule has 0 aromatic heterocycles. The van der Waals surface area contributed by atoms with E-state index in [1.54, 1.807) is 0 Å². The lowest BCUT2D eigenvalue weighted by molar-refractivity contribution is -0.147. The maximum absolute atomic E-state index is 12.7. The molecule has 2 saturated heterocycles. The van der Waals surface area contributed by atoms with Crippen LogP contribution in [0.15, 0.2) is 18.2 Å². The molecule has 5 heteroatoms. The Bertz CT molecular complexity index is 613. The number of carboxylic acid groups (broad SMARTS) is 1. The van der Waals surface area contributed by atoms with Crippen LogP contribution in [0.4, 0.5) is 5.69 Å². The van der Waals surface area contributed by atoms with E-state index in [1.807, 2.05) is 32.0 Å². The number of carboxylic acids is 1. The second-order valence-corrected chi connectivity index (χ2v) is 6.13. The van der Waals surface area contributed by atoms with Crippen LogP contribution >= 0.6 is 0 Å². The predicted molar refractivity (Wildman–Crippen MR) is 81.7 cm³/mol. The Hall–Kier alpha value is -1.88. The van der Waals surface area contributed by atoms with Crippen LogP contribution in [0.25, 0.3) is 0 Å². The molecular weight excluding hydrogens is 282 g/mol. The van der Waals surface area contributed by atoms with Gasteiger partial charge < -0.3 is 15.2 Å². The molecule has 2 fully saturated rings. The van der Waals surface area contributed by atoms with Crippen LogP contribution in [0.5, 0.6) is 0 Å². The molecule has 22 heavy (non-hydrogen) atoms. The first-order valence-electron chi connectivity index (χ1n) is 7.80. The van der Waals surface area contributed by atoms with Gasteiger partial charge >= 0.3 is 5.97 Å². The first-order chi connectivity index (χ1) is 10.5. The number of ether oxygens (including phenoxy) is 1. The van der Waals surface area contributed by atoms with Gasteiger partial charge in [-0.25, -0.2) is 0 Å². The first-order valence-corrected chi connectivity index (χ1v) is 7.80. The smallest absolute Gasteiger partial charge is 0.310 e. The van der Waals surface area contributed by atoms with Gasteiger partial charge in [0.15, 0.2) is 0 Å². The number of benzene rings is 1. The summed E-state index contributed by atoms with van der Waals surface area (Å²) in [6.07, 6.45) is 1.73. The zero-order valence-corrected chi connectivity index (χ0v) is 12.8. The number of aryl methyl sites for hydroxylation is 2. The van der Waals surface area contributed by atoms with Crippen molar-refractivity contribution in [1.82, 2.24) is 0 Å². The molecule has 2 N–H and O–H groups in total. The molecule has 1 aromatic rings. The van der Waals surface area contributed by atoms with Gasteiger partial charge in [-0.15, -0.1) is 0 Å². The summed E-state index contributed by atoms with van der Waals surface area (Å²) in [5.41, 5.74) is 2.86. The quantitative estimate of drug-likeness (QED) is 0.895. The zero-order valence-electron chi connectivity index (χ0n) is 12.8. The lowest BCUT2D eigenvalue weighted by atomic mass is 9.78. The number of anilines is 1. The molecule has 2 aliphatic rings. The van der Waals surface area contributed by atoms with E-state index in [0.29, 0.717) is 0 Å². The number of amides is 1. The molecule has 0 saturated carbocycles. The van der Waals surface area contributed by atoms with Gasteiger partial charge in [-0.3, -0.25) is 9.59 Å². The molecule has 1 amide bonds. The third kappa shape index (κ3) is 2.39. The van der Waals surface area contributed by atoms with Gasteiger partial charge in [-0.05, 0) is 37.3 Å². The molecule has 5 nitrogen and oxygen atoms in total. The van der Waals surface area contributed by atoms with Gasteiger partial charge in [-0.1, -0.05) is 25.1 Å². The number of hydrogen-bond acceptors (Lipinski definition) is 3. The van der Waals surface area contributed by atoms with Crippen LogP contribution in [-0.4, -0.2) is 29.2 Å². The van der Waals surface area contributed by atoms with Gasteiger partial charge in [0.25, 0.3) is 0 Å². The monoisotopic (exact) mass is 303 g/mol. The normalized spacial score (nSPS) is 29.5. The molecular formula is C17H21NO4. The van der Waals surface area contributed by atoms with Crippen molar-refractivity contribution in [3.63, 3.8) is 0 Å². The summed E-state index contributed by atoms with van der Waals surface area (Å²) in [4.78, 5) is 24.2. The van der Waals surface area contributed by atoms with Crippen molar-refractivity contribution in [2.75, 3.05) is 5.32 Å². The van der Waals surface area contributed by atoms with Crippen LogP contribution in [0.2, 0.25) is 0 Å². The number of nitrogens with one attached hydrogen (secondary N) is 1.